The maximum Gasteiger partial charge on any atom is 0.204 e. The standard InChI is InChI=1S/C26H27O5P/c1-16-12-13-17(2)23(18(16)3)25(27)32(20-10-8-7-9-11-20)26(28)24-21(30-5)14-19(29-4)15-22(24)31-6/h7-15H,1-6H3. The Hall–Kier alpha value is -3.17. The minimum Gasteiger partial charge on any atom is -0.496 e. The predicted octanol–water partition coefficient (Wildman–Crippen LogP) is 5.43. The Morgan fingerprint density at radius 2 is 1.22 bits per heavy atom. The van der Waals surface area contributed by atoms with Gasteiger partial charge in [0.1, 0.15) is 22.8 Å². The van der Waals surface area contributed by atoms with Gasteiger partial charge in [0.15, 0.2) is 5.52 Å². The first kappa shape index (κ1) is 23.5. The quantitative estimate of drug-likeness (QED) is 0.429. The molecule has 0 saturated heterocycles. The van der Waals surface area contributed by atoms with Crippen molar-refractivity contribution >= 4 is 24.3 Å². The largest absolute Gasteiger partial charge is 0.496 e. The molecule has 32 heavy (non-hydrogen) atoms. The van der Waals surface area contributed by atoms with Gasteiger partial charge >= 0.3 is 0 Å². The van der Waals surface area contributed by atoms with Crippen LogP contribution in [0.15, 0.2) is 54.6 Å². The minimum absolute atomic E-state index is 0.185. The van der Waals surface area contributed by atoms with Crippen molar-refractivity contribution in [1.82, 2.24) is 0 Å². The highest BCUT2D eigenvalue weighted by molar-refractivity contribution is 7.96. The number of ether oxygens (including phenoxy) is 3. The molecule has 0 saturated carbocycles. The first-order chi connectivity index (χ1) is 15.3. The molecule has 3 aromatic rings. The van der Waals surface area contributed by atoms with E-state index < -0.39 is 7.92 Å². The normalized spacial score (nSPS) is 11.6. The van der Waals surface area contributed by atoms with Crippen molar-refractivity contribution in [3.63, 3.8) is 0 Å². The maximum absolute atomic E-state index is 14.0. The summed E-state index contributed by atoms with van der Waals surface area (Å²) in [6.07, 6.45) is 0. The van der Waals surface area contributed by atoms with Crippen LogP contribution in [0, 0.1) is 20.8 Å². The number of rotatable bonds is 8. The van der Waals surface area contributed by atoms with Crippen molar-refractivity contribution in [2.45, 2.75) is 20.8 Å². The molecule has 166 valence electrons. The van der Waals surface area contributed by atoms with Crippen LogP contribution in [-0.4, -0.2) is 32.4 Å². The lowest BCUT2D eigenvalue weighted by Crippen LogP contribution is -2.19. The third-order valence-corrected chi connectivity index (χ3v) is 7.58. The summed E-state index contributed by atoms with van der Waals surface area (Å²) >= 11 is 0. The van der Waals surface area contributed by atoms with Crippen molar-refractivity contribution < 1.29 is 23.8 Å². The van der Waals surface area contributed by atoms with Crippen LogP contribution >= 0.6 is 7.92 Å². The van der Waals surface area contributed by atoms with E-state index in [1.165, 1.54) is 21.3 Å². The molecule has 0 N–H and O–H groups in total. The molecule has 0 aromatic heterocycles. The lowest BCUT2D eigenvalue weighted by molar-refractivity contribution is 0.105. The summed E-state index contributed by atoms with van der Waals surface area (Å²) in [6.45, 7) is 5.79. The van der Waals surface area contributed by atoms with Crippen LogP contribution < -0.4 is 19.5 Å². The van der Waals surface area contributed by atoms with Gasteiger partial charge in [-0.3, -0.25) is 9.59 Å². The Morgan fingerprint density at radius 1 is 0.688 bits per heavy atom. The van der Waals surface area contributed by atoms with Crippen LogP contribution in [-0.2, 0) is 0 Å². The van der Waals surface area contributed by atoms with Gasteiger partial charge in [-0.05, 0) is 42.8 Å². The first-order valence-electron chi connectivity index (χ1n) is 10.1. The van der Waals surface area contributed by atoms with Crippen LogP contribution in [0.2, 0.25) is 0 Å². The summed E-state index contributed by atoms with van der Waals surface area (Å²) in [5.41, 5.74) is 3.07. The summed E-state index contributed by atoms with van der Waals surface area (Å²) < 4.78 is 16.3. The number of hydrogen-bond donors (Lipinski definition) is 0. The highest BCUT2D eigenvalue weighted by Gasteiger charge is 2.35. The second-order valence-corrected chi connectivity index (χ2v) is 9.39. The lowest BCUT2D eigenvalue weighted by atomic mass is 9.99. The average Bonchev–Trinajstić information content (AvgIpc) is 2.81. The maximum atomic E-state index is 14.0. The number of methoxy groups -OCH3 is 3. The summed E-state index contributed by atoms with van der Waals surface area (Å²) in [5, 5.41) is 0.678. The first-order valence-corrected chi connectivity index (χ1v) is 11.5. The molecular formula is C26H27O5P. The Kier molecular flexibility index (Phi) is 7.32. The molecule has 0 aliphatic carbocycles. The Labute approximate surface area is 190 Å². The van der Waals surface area contributed by atoms with Crippen LogP contribution in [0.1, 0.15) is 37.4 Å². The van der Waals surface area contributed by atoms with Gasteiger partial charge in [0, 0.05) is 17.7 Å². The highest BCUT2D eigenvalue weighted by Crippen LogP contribution is 2.48. The van der Waals surface area contributed by atoms with Gasteiger partial charge in [-0.2, -0.15) is 0 Å². The zero-order valence-electron chi connectivity index (χ0n) is 19.2. The zero-order chi connectivity index (χ0) is 23.4. The number of hydrogen-bond acceptors (Lipinski definition) is 5. The second kappa shape index (κ2) is 9.97. The molecular weight excluding hydrogens is 423 g/mol. The smallest absolute Gasteiger partial charge is 0.204 e. The van der Waals surface area contributed by atoms with Gasteiger partial charge in [0.25, 0.3) is 0 Å². The third-order valence-electron chi connectivity index (χ3n) is 5.51. The van der Waals surface area contributed by atoms with E-state index in [0.29, 0.717) is 28.1 Å². The summed E-state index contributed by atoms with van der Waals surface area (Å²) in [4.78, 5) is 28.0. The topological polar surface area (TPSA) is 61.8 Å². The molecule has 3 aromatic carbocycles. The number of benzene rings is 3. The molecule has 0 aliphatic rings. The summed E-state index contributed by atoms with van der Waals surface area (Å²) in [7, 11) is 2.57. The van der Waals surface area contributed by atoms with Gasteiger partial charge in [-0.1, -0.05) is 42.5 Å². The van der Waals surface area contributed by atoms with Crippen LogP contribution in [0.3, 0.4) is 0 Å². The van der Waals surface area contributed by atoms with E-state index >= 15 is 0 Å². The fraction of sp³-hybridized carbons (Fsp3) is 0.231. The number of aryl methyl sites for hydroxylation is 2. The van der Waals surface area contributed by atoms with Crippen LogP contribution in [0.5, 0.6) is 17.2 Å². The van der Waals surface area contributed by atoms with Crippen molar-refractivity contribution in [1.29, 1.82) is 0 Å². The molecule has 1 atom stereocenters. The van der Waals surface area contributed by atoms with Crippen LogP contribution in [0.4, 0.5) is 0 Å². The average molecular weight is 450 g/mol. The van der Waals surface area contributed by atoms with Gasteiger partial charge in [0.05, 0.1) is 29.3 Å². The van der Waals surface area contributed by atoms with E-state index in [4.69, 9.17) is 14.2 Å². The van der Waals surface area contributed by atoms with E-state index in [1.807, 2.05) is 63.2 Å². The van der Waals surface area contributed by atoms with E-state index in [-0.39, 0.29) is 16.6 Å². The van der Waals surface area contributed by atoms with Crippen LogP contribution in [0.25, 0.3) is 0 Å². The minimum atomic E-state index is -1.91. The zero-order valence-corrected chi connectivity index (χ0v) is 20.1. The van der Waals surface area contributed by atoms with Crippen molar-refractivity contribution in [2.24, 2.45) is 0 Å². The van der Waals surface area contributed by atoms with Gasteiger partial charge < -0.3 is 14.2 Å². The van der Waals surface area contributed by atoms with Crippen molar-refractivity contribution in [2.75, 3.05) is 21.3 Å². The predicted molar refractivity (Wildman–Crippen MR) is 128 cm³/mol. The summed E-state index contributed by atoms with van der Waals surface area (Å²) in [6, 6.07) is 16.4. The molecule has 0 amide bonds. The molecule has 0 radical (unpaired) electrons. The number of carbonyl (C=O) groups is 2. The molecule has 0 spiro atoms. The molecule has 5 nitrogen and oxygen atoms in total. The molecule has 0 fully saturated rings. The third kappa shape index (κ3) is 4.39. The fourth-order valence-corrected chi connectivity index (χ4v) is 5.76. The Morgan fingerprint density at radius 3 is 1.75 bits per heavy atom. The van der Waals surface area contributed by atoms with E-state index in [0.717, 1.165) is 16.7 Å². The van der Waals surface area contributed by atoms with E-state index in [2.05, 4.69) is 0 Å². The monoisotopic (exact) mass is 450 g/mol. The second-order valence-electron chi connectivity index (χ2n) is 7.39. The van der Waals surface area contributed by atoms with Crippen molar-refractivity contribution in [3.8, 4) is 17.2 Å². The molecule has 0 heterocycles. The van der Waals surface area contributed by atoms with Gasteiger partial charge in [-0.15, -0.1) is 0 Å². The highest BCUT2D eigenvalue weighted by atomic mass is 31.1. The molecule has 1 unspecified atom stereocenters. The number of carbonyl (C=O) groups excluding carboxylic acids is 2. The van der Waals surface area contributed by atoms with E-state index in [1.54, 1.807) is 12.1 Å². The molecule has 0 aliphatic heterocycles. The van der Waals surface area contributed by atoms with Gasteiger partial charge in [0.2, 0.25) is 5.52 Å². The molecule has 6 heteroatoms. The van der Waals surface area contributed by atoms with Gasteiger partial charge in [-0.25, -0.2) is 0 Å². The van der Waals surface area contributed by atoms with Crippen molar-refractivity contribution in [3.05, 3.63) is 82.4 Å². The molecule has 3 rings (SSSR count). The Balaban J connectivity index is 2.25. The fourth-order valence-electron chi connectivity index (χ4n) is 3.62. The van der Waals surface area contributed by atoms with E-state index in [9.17, 15) is 9.59 Å². The Bertz CT molecular complexity index is 1130. The molecule has 0 bridgehead atoms. The SMILES string of the molecule is COc1cc(OC)c(C(=O)P(C(=O)c2c(C)ccc(C)c2C)c2ccccc2)c(OC)c1. The summed E-state index contributed by atoms with van der Waals surface area (Å²) in [5.74, 6) is 1.11. The lowest BCUT2D eigenvalue weighted by Gasteiger charge is -2.21.